The van der Waals surface area contributed by atoms with Gasteiger partial charge in [0.25, 0.3) is 10.1 Å². The molecule has 0 aliphatic rings. The SMILES string of the molecule is Cc1ccc(C(c2ccccc2)(c2ccccc2)c2ccc(S(=O)(=O)O)cc2)cc1. The molecule has 1 N–H and O–H groups in total. The molecule has 0 fully saturated rings. The number of hydrogen-bond acceptors (Lipinski definition) is 2. The van der Waals surface area contributed by atoms with Crippen molar-refractivity contribution in [3.63, 3.8) is 0 Å². The highest BCUT2D eigenvalue weighted by atomic mass is 32.2. The Kier molecular flexibility index (Phi) is 5.29. The van der Waals surface area contributed by atoms with Gasteiger partial charge in [0.15, 0.2) is 0 Å². The summed E-state index contributed by atoms with van der Waals surface area (Å²) in [6.45, 7) is 2.05. The van der Waals surface area contributed by atoms with Gasteiger partial charge in [-0.15, -0.1) is 0 Å². The van der Waals surface area contributed by atoms with E-state index in [4.69, 9.17) is 0 Å². The van der Waals surface area contributed by atoms with Gasteiger partial charge in [-0.25, -0.2) is 0 Å². The van der Waals surface area contributed by atoms with E-state index in [1.807, 2.05) is 36.4 Å². The molecule has 0 spiro atoms. The molecule has 3 nitrogen and oxygen atoms in total. The second-order valence-electron chi connectivity index (χ2n) is 7.35. The second kappa shape index (κ2) is 7.90. The van der Waals surface area contributed by atoms with E-state index in [1.165, 1.54) is 12.1 Å². The van der Waals surface area contributed by atoms with Gasteiger partial charge < -0.3 is 0 Å². The lowest BCUT2D eigenvalue weighted by Crippen LogP contribution is -2.31. The fourth-order valence-electron chi connectivity index (χ4n) is 4.06. The van der Waals surface area contributed by atoms with Crippen molar-refractivity contribution in [1.29, 1.82) is 0 Å². The number of rotatable bonds is 5. The molecule has 4 aromatic carbocycles. The van der Waals surface area contributed by atoms with Gasteiger partial charge in [-0.3, -0.25) is 4.55 Å². The van der Waals surface area contributed by atoms with Gasteiger partial charge in [0.05, 0.1) is 10.3 Å². The molecule has 0 aromatic heterocycles. The predicted molar refractivity (Wildman–Crippen MR) is 119 cm³/mol. The molecule has 0 heterocycles. The molecular formula is C26H22O3S. The van der Waals surface area contributed by atoms with E-state index in [0.29, 0.717) is 0 Å². The molecule has 0 unspecified atom stereocenters. The van der Waals surface area contributed by atoms with Crippen LogP contribution in [0.2, 0.25) is 0 Å². The zero-order valence-corrected chi connectivity index (χ0v) is 17.4. The van der Waals surface area contributed by atoms with Crippen molar-refractivity contribution in [3.05, 3.63) is 137 Å². The van der Waals surface area contributed by atoms with Crippen LogP contribution in [0.3, 0.4) is 0 Å². The zero-order chi connectivity index (χ0) is 21.2. The van der Waals surface area contributed by atoms with Crippen molar-refractivity contribution in [2.24, 2.45) is 0 Å². The monoisotopic (exact) mass is 414 g/mol. The Labute approximate surface area is 177 Å². The van der Waals surface area contributed by atoms with E-state index in [9.17, 15) is 13.0 Å². The summed E-state index contributed by atoms with van der Waals surface area (Å²) < 4.78 is 32.6. The minimum atomic E-state index is -4.26. The van der Waals surface area contributed by atoms with Gasteiger partial charge in [-0.2, -0.15) is 8.42 Å². The van der Waals surface area contributed by atoms with E-state index in [2.05, 4.69) is 55.5 Å². The molecule has 30 heavy (non-hydrogen) atoms. The average molecular weight is 415 g/mol. The maximum Gasteiger partial charge on any atom is 0.294 e. The summed E-state index contributed by atoms with van der Waals surface area (Å²) >= 11 is 0. The van der Waals surface area contributed by atoms with Crippen molar-refractivity contribution in [1.82, 2.24) is 0 Å². The maximum atomic E-state index is 11.6. The molecule has 0 saturated carbocycles. The van der Waals surface area contributed by atoms with E-state index in [1.54, 1.807) is 12.1 Å². The third kappa shape index (κ3) is 3.56. The van der Waals surface area contributed by atoms with Crippen LogP contribution >= 0.6 is 0 Å². The van der Waals surface area contributed by atoms with Crippen LogP contribution in [0.5, 0.6) is 0 Å². The smallest absolute Gasteiger partial charge is 0.282 e. The van der Waals surface area contributed by atoms with Crippen LogP contribution in [-0.4, -0.2) is 13.0 Å². The molecular weight excluding hydrogens is 392 g/mol. The molecule has 0 saturated heterocycles. The quantitative estimate of drug-likeness (QED) is 0.340. The highest BCUT2D eigenvalue weighted by Gasteiger charge is 2.38. The molecule has 0 bridgehead atoms. The minimum absolute atomic E-state index is 0.120. The van der Waals surface area contributed by atoms with Crippen molar-refractivity contribution in [3.8, 4) is 0 Å². The van der Waals surface area contributed by atoms with E-state index in [0.717, 1.165) is 27.8 Å². The molecule has 0 amide bonds. The molecule has 4 heteroatoms. The summed E-state index contributed by atoms with van der Waals surface area (Å²) in [5, 5.41) is 0. The Morgan fingerprint density at radius 1 is 0.567 bits per heavy atom. The van der Waals surface area contributed by atoms with Crippen LogP contribution in [-0.2, 0) is 15.5 Å². The Bertz CT molecular complexity index is 1190. The Balaban J connectivity index is 2.09. The normalized spacial score (nSPS) is 11.9. The first-order valence-electron chi connectivity index (χ1n) is 9.68. The summed E-state index contributed by atoms with van der Waals surface area (Å²) in [6.07, 6.45) is 0. The van der Waals surface area contributed by atoms with Crippen LogP contribution < -0.4 is 0 Å². The summed E-state index contributed by atoms with van der Waals surface area (Å²) in [5.74, 6) is 0. The molecule has 4 aromatic rings. The summed E-state index contributed by atoms with van der Waals surface area (Å²) in [5.41, 5.74) is 4.64. The third-order valence-corrected chi connectivity index (χ3v) is 6.35. The largest absolute Gasteiger partial charge is 0.294 e. The molecule has 0 radical (unpaired) electrons. The van der Waals surface area contributed by atoms with Crippen LogP contribution in [0, 0.1) is 6.92 Å². The van der Waals surface area contributed by atoms with Gasteiger partial charge >= 0.3 is 0 Å². The van der Waals surface area contributed by atoms with E-state index >= 15 is 0 Å². The standard InChI is InChI=1S/C26H22O3S/c1-20-12-14-23(15-13-20)26(21-8-4-2-5-9-21,22-10-6-3-7-11-22)24-16-18-25(19-17-24)30(27,28)29/h2-19H,1H3,(H,27,28,29). The Morgan fingerprint density at radius 2 is 0.933 bits per heavy atom. The fraction of sp³-hybridized carbons (Fsp3) is 0.0769. The molecule has 0 aliphatic carbocycles. The molecule has 0 atom stereocenters. The number of aryl methyl sites for hydroxylation is 1. The predicted octanol–water partition coefficient (Wildman–Crippen LogP) is 5.62. The third-order valence-electron chi connectivity index (χ3n) is 5.48. The molecule has 150 valence electrons. The minimum Gasteiger partial charge on any atom is -0.282 e. The molecule has 0 aliphatic heterocycles. The lowest BCUT2D eigenvalue weighted by molar-refractivity contribution is 0.483. The van der Waals surface area contributed by atoms with E-state index in [-0.39, 0.29) is 4.90 Å². The van der Waals surface area contributed by atoms with Crippen LogP contribution in [0.25, 0.3) is 0 Å². The first-order valence-corrected chi connectivity index (χ1v) is 11.1. The Hall–Kier alpha value is -3.21. The summed E-state index contributed by atoms with van der Waals surface area (Å²) in [4.78, 5) is -0.120. The zero-order valence-electron chi connectivity index (χ0n) is 16.6. The van der Waals surface area contributed by atoms with Gasteiger partial charge in [0.2, 0.25) is 0 Å². The fourth-order valence-corrected chi connectivity index (χ4v) is 4.54. The molecule has 4 rings (SSSR count). The number of hydrogen-bond donors (Lipinski definition) is 1. The number of benzene rings is 4. The highest BCUT2D eigenvalue weighted by molar-refractivity contribution is 7.85. The first kappa shape index (κ1) is 20.1. The summed E-state index contributed by atoms with van der Waals surface area (Å²) in [7, 11) is -4.26. The van der Waals surface area contributed by atoms with Gasteiger partial charge in [0.1, 0.15) is 0 Å². The van der Waals surface area contributed by atoms with Gasteiger partial charge in [-0.1, -0.05) is 103 Å². The van der Waals surface area contributed by atoms with Crippen LogP contribution in [0.15, 0.2) is 114 Å². The van der Waals surface area contributed by atoms with Crippen molar-refractivity contribution < 1.29 is 13.0 Å². The van der Waals surface area contributed by atoms with Gasteiger partial charge in [-0.05, 0) is 41.3 Å². The van der Waals surface area contributed by atoms with Crippen LogP contribution in [0.4, 0.5) is 0 Å². The highest BCUT2D eigenvalue weighted by Crippen LogP contribution is 2.45. The van der Waals surface area contributed by atoms with Crippen molar-refractivity contribution >= 4 is 10.1 Å². The van der Waals surface area contributed by atoms with E-state index < -0.39 is 15.5 Å². The Morgan fingerprint density at radius 3 is 1.33 bits per heavy atom. The van der Waals surface area contributed by atoms with Gasteiger partial charge in [0, 0.05) is 0 Å². The van der Waals surface area contributed by atoms with Crippen molar-refractivity contribution in [2.75, 3.05) is 0 Å². The lowest BCUT2D eigenvalue weighted by Gasteiger charge is -2.37. The van der Waals surface area contributed by atoms with Crippen molar-refractivity contribution in [2.45, 2.75) is 17.2 Å². The maximum absolute atomic E-state index is 11.6. The average Bonchev–Trinajstić information content (AvgIpc) is 2.77. The van der Waals surface area contributed by atoms with Crippen LogP contribution in [0.1, 0.15) is 27.8 Å². The summed E-state index contributed by atoms with van der Waals surface area (Å²) in [6, 6.07) is 35.2. The lowest BCUT2D eigenvalue weighted by atomic mass is 9.65. The topological polar surface area (TPSA) is 54.4 Å². The first-order chi connectivity index (χ1) is 14.4. The second-order valence-corrected chi connectivity index (χ2v) is 8.77.